The van der Waals surface area contributed by atoms with E-state index in [9.17, 15) is 9.18 Å². The van der Waals surface area contributed by atoms with Crippen molar-refractivity contribution in [2.75, 3.05) is 0 Å². The van der Waals surface area contributed by atoms with Crippen molar-refractivity contribution in [1.82, 2.24) is 0 Å². The highest BCUT2D eigenvalue weighted by Crippen LogP contribution is 2.24. The van der Waals surface area contributed by atoms with Gasteiger partial charge in [-0.05, 0) is 60.4 Å². The number of hydrogen-bond acceptors (Lipinski definition) is 1. The molecule has 0 bridgehead atoms. The number of carbonyl (C=O) groups is 1. The van der Waals surface area contributed by atoms with Crippen LogP contribution in [-0.2, 0) is 0 Å². The number of rotatable bonds is 2. The van der Waals surface area contributed by atoms with E-state index in [1.54, 1.807) is 31.2 Å². The molecule has 2 aromatic carbocycles. The molecule has 0 radical (unpaired) electrons. The van der Waals surface area contributed by atoms with Gasteiger partial charge in [-0.3, -0.25) is 0 Å². The molecule has 0 saturated carbocycles. The van der Waals surface area contributed by atoms with E-state index >= 15 is 0 Å². The number of carboxylic acids is 1. The highest BCUT2D eigenvalue weighted by atomic mass is 19.1. The zero-order chi connectivity index (χ0) is 13.3. The molecule has 3 heteroatoms. The minimum Gasteiger partial charge on any atom is -0.478 e. The molecule has 0 aliphatic rings. The summed E-state index contributed by atoms with van der Waals surface area (Å²) in [6.07, 6.45) is 0. The van der Waals surface area contributed by atoms with Gasteiger partial charge in [-0.1, -0.05) is 12.1 Å². The van der Waals surface area contributed by atoms with Crippen molar-refractivity contribution in [2.45, 2.75) is 13.8 Å². The summed E-state index contributed by atoms with van der Waals surface area (Å²) in [5.41, 5.74) is 3.26. The summed E-state index contributed by atoms with van der Waals surface area (Å²) in [4.78, 5) is 11.0. The smallest absolute Gasteiger partial charge is 0.335 e. The minimum absolute atomic E-state index is 0.243. The van der Waals surface area contributed by atoms with Crippen molar-refractivity contribution in [2.24, 2.45) is 0 Å². The Bertz CT molecular complexity index is 618. The normalized spacial score (nSPS) is 10.4. The molecular formula is C15H13FO2. The summed E-state index contributed by atoms with van der Waals surface area (Å²) in [7, 11) is 0. The molecule has 0 spiro atoms. The fourth-order valence-electron chi connectivity index (χ4n) is 1.90. The molecule has 0 saturated heterocycles. The Morgan fingerprint density at radius 1 is 1.06 bits per heavy atom. The topological polar surface area (TPSA) is 37.3 Å². The van der Waals surface area contributed by atoms with Gasteiger partial charge in [-0.2, -0.15) is 0 Å². The zero-order valence-corrected chi connectivity index (χ0v) is 10.2. The van der Waals surface area contributed by atoms with Gasteiger partial charge in [0.1, 0.15) is 5.82 Å². The van der Waals surface area contributed by atoms with E-state index < -0.39 is 5.97 Å². The van der Waals surface area contributed by atoms with Crippen LogP contribution in [0, 0.1) is 19.7 Å². The zero-order valence-electron chi connectivity index (χ0n) is 10.2. The van der Waals surface area contributed by atoms with Gasteiger partial charge in [-0.25, -0.2) is 9.18 Å². The van der Waals surface area contributed by atoms with Gasteiger partial charge >= 0.3 is 5.97 Å². The molecule has 0 unspecified atom stereocenters. The third-order valence-corrected chi connectivity index (χ3v) is 2.82. The van der Waals surface area contributed by atoms with E-state index in [1.165, 1.54) is 6.07 Å². The van der Waals surface area contributed by atoms with E-state index in [2.05, 4.69) is 0 Å². The molecule has 0 amide bonds. The molecule has 2 nitrogen and oxygen atoms in total. The molecule has 2 rings (SSSR count). The van der Waals surface area contributed by atoms with E-state index in [0.29, 0.717) is 5.56 Å². The SMILES string of the molecule is Cc1cc(C(=O)O)cc(-c2ccc(F)c(C)c2)c1. The second kappa shape index (κ2) is 4.61. The molecule has 0 aromatic heterocycles. The van der Waals surface area contributed by atoms with Crippen LogP contribution in [0.4, 0.5) is 4.39 Å². The van der Waals surface area contributed by atoms with Crippen molar-refractivity contribution in [3.05, 3.63) is 58.9 Å². The van der Waals surface area contributed by atoms with E-state index in [4.69, 9.17) is 5.11 Å². The summed E-state index contributed by atoms with van der Waals surface area (Å²) in [6, 6.07) is 9.87. The molecule has 0 atom stereocenters. The fourth-order valence-corrected chi connectivity index (χ4v) is 1.90. The van der Waals surface area contributed by atoms with Crippen LogP contribution in [0.3, 0.4) is 0 Å². The van der Waals surface area contributed by atoms with E-state index in [-0.39, 0.29) is 11.4 Å². The lowest BCUT2D eigenvalue weighted by Crippen LogP contribution is -1.97. The summed E-state index contributed by atoms with van der Waals surface area (Å²) < 4.78 is 13.2. The van der Waals surface area contributed by atoms with Gasteiger partial charge in [-0.15, -0.1) is 0 Å². The van der Waals surface area contributed by atoms with Crippen LogP contribution in [0.15, 0.2) is 36.4 Å². The Morgan fingerprint density at radius 3 is 2.39 bits per heavy atom. The van der Waals surface area contributed by atoms with Gasteiger partial charge in [0.2, 0.25) is 0 Å². The van der Waals surface area contributed by atoms with Crippen LogP contribution in [0.25, 0.3) is 11.1 Å². The molecule has 18 heavy (non-hydrogen) atoms. The fraction of sp³-hybridized carbons (Fsp3) is 0.133. The average Bonchev–Trinajstić information content (AvgIpc) is 2.31. The van der Waals surface area contributed by atoms with Crippen LogP contribution in [0.5, 0.6) is 0 Å². The predicted octanol–water partition coefficient (Wildman–Crippen LogP) is 3.81. The molecular weight excluding hydrogens is 231 g/mol. The molecule has 0 heterocycles. The van der Waals surface area contributed by atoms with Crippen molar-refractivity contribution in [3.8, 4) is 11.1 Å². The standard InChI is InChI=1S/C15H13FO2/c1-9-5-12(8-13(6-9)15(17)18)11-3-4-14(16)10(2)7-11/h3-8H,1-2H3,(H,17,18). The minimum atomic E-state index is -0.959. The Hall–Kier alpha value is -2.16. The van der Waals surface area contributed by atoms with E-state index in [0.717, 1.165) is 16.7 Å². The summed E-state index contributed by atoms with van der Waals surface area (Å²) >= 11 is 0. The van der Waals surface area contributed by atoms with Crippen molar-refractivity contribution in [1.29, 1.82) is 0 Å². The molecule has 0 fully saturated rings. The highest BCUT2D eigenvalue weighted by molar-refractivity contribution is 5.89. The molecule has 2 aromatic rings. The summed E-state index contributed by atoms with van der Waals surface area (Å²) in [5, 5.41) is 9.02. The van der Waals surface area contributed by atoms with Crippen LogP contribution >= 0.6 is 0 Å². The van der Waals surface area contributed by atoms with Crippen molar-refractivity contribution in [3.63, 3.8) is 0 Å². The average molecular weight is 244 g/mol. The lowest BCUT2D eigenvalue weighted by molar-refractivity contribution is 0.0697. The number of halogens is 1. The highest BCUT2D eigenvalue weighted by Gasteiger charge is 2.08. The Labute approximate surface area is 105 Å². The Morgan fingerprint density at radius 2 is 1.78 bits per heavy atom. The number of aryl methyl sites for hydroxylation is 2. The maximum Gasteiger partial charge on any atom is 0.335 e. The summed E-state index contributed by atoms with van der Waals surface area (Å²) in [6.45, 7) is 3.53. The molecule has 92 valence electrons. The van der Waals surface area contributed by atoms with Gasteiger partial charge in [0.25, 0.3) is 0 Å². The first-order valence-electron chi connectivity index (χ1n) is 5.59. The third kappa shape index (κ3) is 2.40. The van der Waals surface area contributed by atoms with Crippen LogP contribution < -0.4 is 0 Å². The van der Waals surface area contributed by atoms with E-state index in [1.807, 2.05) is 13.0 Å². The van der Waals surface area contributed by atoms with Crippen LogP contribution in [0.1, 0.15) is 21.5 Å². The first-order valence-corrected chi connectivity index (χ1v) is 5.59. The number of aromatic carboxylic acids is 1. The first kappa shape index (κ1) is 12.3. The van der Waals surface area contributed by atoms with Crippen molar-refractivity contribution >= 4 is 5.97 Å². The quantitative estimate of drug-likeness (QED) is 0.872. The maximum atomic E-state index is 13.2. The van der Waals surface area contributed by atoms with Crippen LogP contribution in [-0.4, -0.2) is 11.1 Å². The first-order chi connectivity index (χ1) is 8.47. The van der Waals surface area contributed by atoms with Gasteiger partial charge in [0.15, 0.2) is 0 Å². The monoisotopic (exact) mass is 244 g/mol. The second-order valence-corrected chi connectivity index (χ2v) is 4.36. The third-order valence-electron chi connectivity index (χ3n) is 2.82. The molecule has 1 N–H and O–H groups in total. The van der Waals surface area contributed by atoms with Gasteiger partial charge in [0.05, 0.1) is 5.56 Å². The molecule has 0 aliphatic heterocycles. The Kier molecular flexibility index (Phi) is 3.15. The van der Waals surface area contributed by atoms with Crippen LogP contribution in [0.2, 0.25) is 0 Å². The number of hydrogen-bond donors (Lipinski definition) is 1. The Balaban J connectivity index is 2.56. The van der Waals surface area contributed by atoms with Gasteiger partial charge < -0.3 is 5.11 Å². The second-order valence-electron chi connectivity index (χ2n) is 4.36. The lowest BCUT2D eigenvalue weighted by Gasteiger charge is -2.07. The summed E-state index contributed by atoms with van der Waals surface area (Å²) in [5.74, 6) is -1.22. The maximum absolute atomic E-state index is 13.2. The van der Waals surface area contributed by atoms with Crippen molar-refractivity contribution < 1.29 is 14.3 Å². The largest absolute Gasteiger partial charge is 0.478 e. The lowest BCUT2D eigenvalue weighted by atomic mass is 9.99. The van der Waals surface area contributed by atoms with Gasteiger partial charge in [0, 0.05) is 0 Å². The predicted molar refractivity (Wildman–Crippen MR) is 68.3 cm³/mol. The number of benzene rings is 2. The number of carboxylic acid groups (broad SMARTS) is 1. The molecule has 0 aliphatic carbocycles.